The van der Waals surface area contributed by atoms with Gasteiger partial charge < -0.3 is 40.3 Å². The SMILES string of the molecule is CCCCCCCCCCCCC/C=C\C/C=C\CCCCCCCCCCCCCCCCCCCC(=O)NC(COC1OC(CO)C(O)C(O)C1O)C(O)CCCCCCCCCCCCCCCCCCCCCCCCC. The first-order valence-electron chi connectivity index (χ1n) is 36.0. The molecule has 0 bridgehead atoms. The first-order valence-corrected chi connectivity index (χ1v) is 36.0. The van der Waals surface area contributed by atoms with E-state index >= 15 is 0 Å². The Hall–Kier alpha value is -1.33. The number of amides is 1. The van der Waals surface area contributed by atoms with E-state index in [0.29, 0.717) is 12.8 Å². The van der Waals surface area contributed by atoms with Gasteiger partial charge in [0, 0.05) is 6.42 Å². The van der Waals surface area contributed by atoms with Gasteiger partial charge in [0.1, 0.15) is 24.4 Å². The largest absolute Gasteiger partial charge is 0.394 e. The summed E-state index contributed by atoms with van der Waals surface area (Å²) in [6.45, 7) is 3.90. The Balaban J connectivity index is 2.08. The molecule has 9 heteroatoms. The molecule has 0 spiro atoms. The molecule has 1 rings (SSSR count). The number of nitrogens with one attached hydrogen (secondary N) is 1. The van der Waals surface area contributed by atoms with Crippen molar-refractivity contribution >= 4 is 5.91 Å². The van der Waals surface area contributed by atoms with Gasteiger partial charge in [0.05, 0.1) is 25.4 Å². The number of ether oxygens (including phenoxy) is 2. The second-order valence-corrected chi connectivity index (χ2v) is 25.4. The highest BCUT2D eigenvalue weighted by Gasteiger charge is 2.44. The molecule has 81 heavy (non-hydrogen) atoms. The predicted molar refractivity (Wildman–Crippen MR) is 346 cm³/mol. The van der Waals surface area contributed by atoms with Gasteiger partial charge in [-0.25, -0.2) is 0 Å². The van der Waals surface area contributed by atoms with Gasteiger partial charge in [-0.2, -0.15) is 0 Å². The summed E-state index contributed by atoms with van der Waals surface area (Å²) in [5, 5.41) is 54.9. The molecule has 480 valence electrons. The van der Waals surface area contributed by atoms with Crippen molar-refractivity contribution in [3.05, 3.63) is 24.3 Å². The van der Waals surface area contributed by atoms with Crippen LogP contribution in [0.1, 0.15) is 373 Å². The molecule has 0 aromatic rings. The summed E-state index contributed by atoms with van der Waals surface area (Å²) >= 11 is 0. The molecule has 7 atom stereocenters. The fourth-order valence-corrected chi connectivity index (χ4v) is 11.9. The van der Waals surface area contributed by atoms with Gasteiger partial charge in [0.2, 0.25) is 5.91 Å². The van der Waals surface area contributed by atoms with Gasteiger partial charge in [0.15, 0.2) is 6.29 Å². The third kappa shape index (κ3) is 50.5. The van der Waals surface area contributed by atoms with E-state index in [1.54, 1.807) is 0 Å². The molecule has 1 heterocycles. The van der Waals surface area contributed by atoms with Crippen molar-refractivity contribution in [2.45, 2.75) is 416 Å². The van der Waals surface area contributed by atoms with Crippen LogP contribution in [-0.2, 0) is 14.3 Å². The predicted octanol–water partition coefficient (Wildman–Crippen LogP) is 19.6. The van der Waals surface area contributed by atoms with Crippen LogP contribution in [0.25, 0.3) is 0 Å². The number of hydrogen-bond acceptors (Lipinski definition) is 8. The lowest BCUT2D eigenvalue weighted by molar-refractivity contribution is -0.302. The fraction of sp³-hybridized carbons (Fsp3) is 0.931. The van der Waals surface area contributed by atoms with E-state index in [9.17, 15) is 30.3 Å². The minimum Gasteiger partial charge on any atom is -0.394 e. The number of allylic oxidation sites excluding steroid dienone is 4. The van der Waals surface area contributed by atoms with Crippen LogP contribution in [0.3, 0.4) is 0 Å². The van der Waals surface area contributed by atoms with Crippen molar-refractivity contribution in [1.29, 1.82) is 0 Å². The highest BCUT2D eigenvalue weighted by atomic mass is 16.7. The molecular formula is C72H139NO8. The van der Waals surface area contributed by atoms with Crippen LogP contribution >= 0.6 is 0 Å². The standard InChI is InChI=1S/C72H139NO8/c1-3-5-7-9-11-13-15-17-19-21-23-25-27-28-29-30-31-32-33-34-35-36-37-38-40-42-44-46-48-50-52-54-56-58-60-62-68(76)73-65(64-80-72-71(79)70(78)69(77)67(63-74)81-72)66(75)61-59-57-55-53-51-49-47-45-43-41-39-26-24-22-20-18-16-14-12-10-8-6-4-2/h27-28,30-31,65-67,69-72,74-75,77-79H,3-26,29,32-64H2,1-2H3,(H,73,76)/b28-27-,31-30-. The quantitative estimate of drug-likeness (QED) is 0.0261. The van der Waals surface area contributed by atoms with Crippen molar-refractivity contribution in [1.82, 2.24) is 5.32 Å². The summed E-state index contributed by atoms with van der Waals surface area (Å²) in [4.78, 5) is 13.2. The van der Waals surface area contributed by atoms with Crippen LogP contribution in [0.5, 0.6) is 0 Å². The Labute approximate surface area is 502 Å². The van der Waals surface area contributed by atoms with E-state index in [1.165, 1.54) is 302 Å². The Morgan fingerprint density at radius 2 is 0.728 bits per heavy atom. The highest BCUT2D eigenvalue weighted by Crippen LogP contribution is 2.24. The lowest BCUT2D eigenvalue weighted by atomic mass is 9.99. The zero-order chi connectivity index (χ0) is 58.6. The second kappa shape index (κ2) is 61.7. The molecule has 1 aliphatic rings. The van der Waals surface area contributed by atoms with Gasteiger partial charge in [-0.1, -0.05) is 346 Å². The number of hydrogen-bond donors (Lipinski definition) is 6. The maximum atomic E-state index is 13.2. The average Bonchev–Trinajstić information content (AvgIpc) is 3.48. The number of aliphatic hydroxyl groups is 5. The molecule has 0 aliphatic carbocycles. The Morgan fingerprint density at radius 1 is 0.420 bits per heavy atom. The maximum absolute atomic E-state index is 13.2. The monoisotopic (exact) mass is 1150 g/mol. The smallest absolute Gasteiger partial charge is 0.220 e. The van der Waals surface area contributed by atoms with Gasteiger partial charge in [-0.05, 0) is 44.9 Å². The highest BCUT2D eigenvalue weighted by molar-refractivity contribution is 5.76. The van der Waals surface area contributed by atoms with Crippen molar-refractivity contribution in [3.63, 3.8) is 0 Å². The minimum absolute atomic E-state index is 0.133. The van der Waals surface area contributed by atoms with Gasteiger partial charge >= 0.3 is 0 Å². The summed E-state index contributed by atoms with van der Waals surface area (Å²) in [7, 11) is 0. The van der Waals surface area contributed by atoms with E-state index in [4.69, 9.17) is 9.47 Å². The van der Waals surface area contributed by atoms with Crippen molar-refractivity contribution in [3.8, 4) is 0 Å². The molecule has 0 aromatic carbocycles. The number of aliphatic hydroxyl groups excluding tert-OH is 5. The zero-order valence-electron chi connectivity index (χ0n) is 53.8. The van der Waals surface area contributed by atoms with Crippen LogP contribution in [-0.4, -0.2) is 87.5 Å². The van der Waals surface area contributed by atoms with Crippen LogP contribution < -0.4 is 5.32 Å². The lowest BCUT2D eigenvalue weighted by Crippen LogP contribution is -2.60. The van der Waals surface area contributed by atoms with Crippen molar-refractivity contribution in [2.75, 3.05) is 13.2 Å². The molecule has 1 saturated heterocycles. The number of carbonyl (C=O) groups excluding carboxylic acids is 1. The Kier molecular flexibility index (Phi) is 59.2. The fourth-order valence-electron chi connectivity index (χ4n) is 11.9. The minimum atomic E-state index is -1.55. The first-order chi connectivity index (χ1) is 39.8. The molecule has 6 N–H and O–H groups in total. The lowest BCUT2D eigenvalue weighted by Gasteiger charge is -2.40. The third-order valence-electron chi connectivity index (χ3n) is 17.6. The number of carbonyl (C=O) groups is 1. The van der Waals surface area contributed by atoms with E-state index in [2.05, 4.69) is 43.5 Å². The summed E-state index contributed by atoms with van der Waals surface area (Å²) < 4.78 is 11.4. The normalized spacial score (nSPS) is 18.4. The summed E-state index contributed by atoms with van der Waals surface area (Å²) in [6.07, 6.45) is 74.0. The van der Waals surface area contributed by atoms with Gasteiger partial charge in [-0.3, -0.25) is 4.79 Å². The number of rotatable bonds is 64. The average molecular weight is 1150 g/mol. The molecular weight excluding hydrogens is 1010 g/mol. The summed E-state index contributed by atoms with van der Waals surface area (Å²) in [5.74, 6) is -0.136. The first kappa shape index (κ1) is 77.7. The molecule has 0 saturated carbocycles. The molecule has 1 aliphatic heterocycles. The van der Waals surface area contributed by atoms with Crippen molar-refractivity contribution in [2.24, 2.45) is 0 Å². The van der Waals surface area contributed by atoms with Crippen LogP contribution in [0.4, 0.5) is 0 Å². The van der Waals surface area contributed by atoms with Crippen LogP contribution in [0.2, 0.25) is 0 Å². The van der Waals surface area contributed by atoms with E-state index < -0.39 is 49.5 Å². The molecule has 0 radical (unpaired) electrons. The Bertz CT molecular complexity index is 1330. The number of unbranched alkanes of at least 4 members (excludes halogenated alkanes) is 50. The van der Waals surface area contributed by atoms with Crippen LogP contribution in [0, 0.1) is 0 Å². The molecule has 0 aromatic heterocycles. The topological polar surface area (TPSA) is 149 Å². The van der Waals surface area contributed by atoms with E-state index in [1.807, 2.05) is 0 Å². The summed E-state index contributed by atoms with van der Waals surface area (Å²) in [5.41, 5.74) is 0. The van der Waals surface area contributed by atoms with Gasteiger partial charge in [0.25, 0.3) is 0 Å². The van der Waals surface area contributed by atoms with E-state index in [-0.39, 0.29) is 12.5 Å². The molecule has 9 nitrogen and oxygen atoms in total. The zero-order valence-corrected chi connectivity index (χ0v) is 53.8. The molecule has 1 fully saturated rings. The maximum Gasteiger partial charge on any atom is 0.220 e. The molecule has 7 unspecified atom stereocenters. The Morgan fingerprint density at radius 3 is 1.06 bits per heavy atom. The van der Waals surface area contributed by atoms with E-state index in [0.717, 1.165) is 44.9 Å². The van der Waals surface area contributed by atoms with Crippen LogP contribution in [0.15, 0.2) is 24.3 Å². The van der Waals surface area contributed by atoms with Crippen molar-refractivity contribution < 1.29 is 39.8 Å². The van der Waals surface area contributed by atoms with Gasteiger partial charge in [-0.15, -0.1) is 0 Å². The second-order valence-electron chi connectivity index (χ2n) is 25.4. The third-order valence-corrected chi connectivity index (χ3v) is 17.6. The molecule has 1 amide bonds. The summed E-state index contributed by atoms with van der Waals surface area (Å²) in [6, 6.07) is -0.718.